The molecule has 1 atom stereocenters. The molecule has 0 aromatic carbocycles. The summed E-state index contributed by atoms with van der Waals surface area (Å²) in [7, 11) is 0. The fourth-order valence-corrected chi connectivity index (χ4v) is 1.88. The van der Waals surface area contributed by atoms with Crippen LogP contribution in [0.4, 0.5) is 0 Å². The molecule has 1 heterocycles. The van der Waals surface area contributed by atoms with Gasteiger partial charge in [0.2, 0.25) is 0 Å². The van der Waals surface area contributed by atoms with Crippen LogP contribution in [-0.4, -0.2) is 5.78 Å². The van der Waals surface area contributed by atoms with Gasteiger partial charge < -0.3 is 4.42 Å². The van der Waals surface area contributed by atoms with Gasteiger partial charge in [-0.25, -0.2) is 0 Å². The molecule has 1 aromatic rings. The zero-order valence-corrected chi connectivity index (χ0v) is 7.75. The first-order chi connectivity index (χ1) is 6.25. The predicted molar refractivity (Wildman–Crippen MR) is 49.6 cm³/mol. The molecule has 1 aliphatic rings. The van der Waals surface area contributed by atoms with Gasteiger partial charge in [-0.3, -0.25) is 4.79 Å². The average Bonchev–Trinajstić information content (AvgIpc) is 2.53. The lowest BCUT2D eigenvalue weighted by molar-refractivity contribution is -0.115. The van der Waals surface area contributed by atoms with E-state index in [1.54, 1.807) is 6.26 Å². The second-order valence-corrected chi connectivity index (χ2v) is 3.66. The van der Waals surface area contributed by atoms with Crippen LogP contribution >= 0.6 is 11.6 Å². The van der Waals surface area contributed by atoms with Crippen LogP contribution in [0.25, 0.3) is 0 Å². The number of rotatable bonds is 1. The van der Waals surface area contributed by atoms with E-state index >= 15 is 0 Å². The highest BCUT2D eigenvalue weighted by Gasteiger charge is 2.22. The van der Waals surface area contributed by atoms with Crippen LogP contribution in [0.2, 0.25) is 0 Å². The summed E-state index contributed by atoms with van der Waals surface area (Å²) in [4.78, 5) is 11.2. The lowest BCUT2D eigenvalue weighted by Gasteiger charge is -2.16. The summed E-state index contributed by atoms with van der Waals surface area (Å²) in [6, 6.07) is 3.71. The third-order valence-corrected chi connectivity index (χ3v) is 2.42. The van der Waals surface area contributed by atoms with Crippen molar-refractivity contribution in [2.45, 2.75) is 18.8 Å². The molecule has 2 nitrogen and oxygen atoms in total. The van der Waals surface area contributed by atoms with Crippen molar-refractivity contribution in [2.75, 3.05) is 0 Å². The van der Waals surface area contributed by atoms with E-state index in [-0.39, 0.29) is 11.7 Å². The van der Waals surface area contributed by atoms with E-state index < -0.39 is 0 Å². The van der Waals surface area contributed by atoms with Gasteiger partial charge in [0.15, 0.2) is 5.78 Å². The number of hydrogen-bond donors (Lipinski definition) is 0. The van der Waals surface area contributed by atoms with Gasteiger partial charge in [0.1, 0.15) is 5.76 Å². The van der Waals surface area contributed by atoms with Crippen molar-refractivity contribution in [3.05, 3.63) is 35.3 Å². The molecular formula is C10H9ClO2. The van der Waals surface area contributed by atoms with E-state index in [9.17, 15) is 4.79 Å². The zero-order valence-electron chi connectivity index (χ0n) is 7.00. The van der Waals surface area contributed by atoms with Crippen molar-refractivity contribution in [1.29, 1.82) is 0 Å². The Kier molecular flexibility index (Phi) is 2.23. The first kappa shape index (κ1) is 8.57. The molecule has 0 unspecified atom stereocenters. The second kappa shape index (κ2) is 3.38. The summed E-state index contributed by atoms with van der Waals surface area (Å²) in [5, 5.41) is 0.623. The van der Waals surface area contributed by atoms with Crippen LogP contribution in [0, 0.1) is 0 Å². The summed E-state index contributed by atoms with van der Waals surface area (Å²) >= 11 is 5.82. The van der Waals surface area contributed by atoms with Gasteiger partial charge in [-0.1, -0.05) is 11.6 Å². The number of furan rings is 1. The molecule has 3 heteroatoms. The van der Waals surface area contributed by atoms with Crippen molar-refractivity contribution in [3.8, 4) is 0 Å². The minimum atomic E-state index is 0.0812. The Morgan fingerprint density at radius 2 is 2.31 bits per heavy atom. The quantitative estimate of drug-likeness (QED) is 0.692. The normalized spacial score (nSPS) is 23.0. The third kappa shape index (κ3) is 1.83. The number of halogens is 1. The Hall–Kier alpha value is -1.02. The van der Waals surface area contributed by atoms with Crippen molar-refractivity contribution in [1.82, 2.24) is 0 Å². The van der Waals surface area contributed by atoms with Gasteiger partial charge in [-0.2, -0.15) is 0 Å². The molecule has 0 saturated heterocycles. The topological polar surface area (TPSA) is 30.2 Å². The Morgan fingerprint density at radius 1 is 1.46 bits per heavy atom. The minimum absolute atomic E-state index is 0.0812. The van der Waals surface area contributed by atoms with Gasteiger partial charge in [0.25, 0.3) is 0 Å². The van der Waals surface area contributed by atoms with Crippen molar-refractivity contribution in [2.24, 2.45) is 0 Å². The molecule has 1 aliphatic carbocycles. The molecular weight excluding hydrogens is 188 g/mol. The molecule has 0 radical (unpaired) electrons. The monoisotopic (exact) mass is 196 g/mol. The number of carbonyl (C=O) groups excluding carboxylic acids is 1. The third-order valence-electron chi connectivity index (χ3n) is 2.15. The molecule has 0 aliphatic heterocycles. The Morgan fingerprint density at radius 3 is 2.92 bits per heavy atom. The van der Waals surface area contributed by atoms with E-state index in [0.29, 0.717) is 17.9 Å². The lowest BCUT2D eigenvalue weighted by Crippen LogP contribution is -2.10. The van der Waals surface area contributed by atoms with Crippen LogP contribution in [0.1, 0.15) is 24.5 Å². The molecule has 0 saturated carbocycles. The summed E-state index contributed by atoms with van der Waals surface area (Å²) in [5.74, 6) is 1.05. The van der Waals surface area contributed by atoms with Crippen LogP contribution in [0.5, 0.6) is 0 Å². The maximum Gasteiger partial charge on any atom is 0.157 e. The molecule has 0 spiro atoms. The van der Waals surface area contributed by atoms with E-state index in [1.165, 1.54) is 6.08 Å². The van der Waals surface area contributed by atoms with Gasteiger partial charge in [-0.05, 0) is 24.6 Å². The van der Waals surface area contributed by atoms with Crippen molar-refractivity contribution in [3.63, 3.8) is 0 Å². The highest BCUT2D eigenvalue weighted by molar-refractivity contribution is 6.31. The Labute approximate surface area is 81.2 Å². The number of hydrogen-bond acceptors (Lipinski definition) is 2. The fraction of sp³-hybridized carbons (Fsp3) is 0.300. The van der Waals surface area contributed by atoms with Gasteiger partial charge in [0, 0.05) is 17.4 Å². The summed E-state index contributed by atoms with van der Waals surface area (Å²) in [5.41, 5.74) is 0. The Balaban J connectivity index is 2.20. The van der Waals surface area contributed by atoms with Crippen LogP contribution in [-0.2, 0) is 4.79 Å². The highest BCUT2D eigenvalue weighted by atomic mass is 35.5. The largest absolute Gasteiger partial charge is 0.469 e. The molecule has 13 heavy (non-hydrogen) atoms. The predicted octanol–water partition coefficient (Wildman–Crippen LogP) is 2.85. The maximum atomic E-state index is 11.2. The van der Waals surface area contributed by atoms with E-state index in [0.717, 1.165) is 5.76 Å². The first-order valence-electron chi connectivity index (χ1n) is 4.18. The molecule has 0 N–H and O–H groups in total. The van der Waals surface area contributed by atoms with Crippen molar-refractivity contribution >= 4 is 17.4 Å². The highest BCUT2D eigenvalue weighted by Crippen LogP contribution is 2.32. The molecule has 0 bridgehead atoms. The molecule has 2 rings (SSSR count). The van der Waals surface area contributed by atoms with E-state index in [1.807, 2.05) is 12.1 Å². The second-order valence-electron chi connectivity index (χ2n) is 3.18. The fourth-order valence-electron chi connectivity index (χ4n) is 1.57. The first-order valence-corrected chi connectivity index (χ1v) is 4.56. The molecule has 1 aromatic heterocycles. The van der Waals surface area contributed by atoms with E-state index in [2.05, 4.69) is 0 Å². The number of carbonyl (C=O) groups is 1. The van der Waals surface area contributed by atoms with E-state index in [4.69, 9.17) is 16.0 Å². The van der Waals surface area contributed by atoms with Gasteiger partial charge in [0.05, 0.1) is 6.26 Å². The summed E-state index contributed by atoms with van der Waals surface area (Å²) < 4.78 is 5.23. The number of ketones is 1. The Bertz CT molecular complexity index is 338. The average molecular weight is 197 g/mol. The SMILES string of the molecule is O=C1C=C(Cl)C[C@@H](c2ccco2)C1. The summed E-state index contributed by atoms with van der Waals surface area (Å²) in [6.07, 6.45) is 4.33. The maximum absolute atomic E-state index is 11.2. The van der Waals surface area contributed by atoms with Crippen LogP contribution in [0.3, 0.4) is 0 Å². The van der Waals surface area contributed by atoms with Crippen molar-refractivity contribution < 1.29 is 9.21 Å². The van der Waals surface area contributed by atoms with Crippen LogP contribution in [0.15, 0.2) is 33.9 Å². The minimum Gasteiger partial charge on any atom is -0.469 e. The molecule has 0 amide bonds. The van der Waals surface area contributed by atoms with Gasteiger partial charge >= 0.3 is 0 Å². The van der Waals surface area contributed by atoms with Gasteiger partial charge in [-0.15, -0.1) is 0 Å². The summed E-state index contributed by atoms with van der Waals surface area (Å²) in [6.45, 7) is 0. The zero-order chi connectivity index (χ0) is 9.26. The van der Waals surface area contributed by atoms with Crippen LogP contribution < -0.4 is 0 Å². The lowest BCUT2D eigenvalue weighted by atomic mass is 9.91. The number of allylic oxidation sites excluding steroid dienone is 2. The standard InChI is InChI=1S/C10H9ClO2/c11-8-4-7(5-9(12)6-8)10-2-1-3-13-10/h1-3,6-7H,4-5H2/t7-/m1/s1. The smallest absolute Gasteiger partial charge is 0.157 e. The molecule has 0 fully saturated rings. The molecule has 68 valence electrons.